The van der Waals surface area contributed by atoms with Crippen molar-refractivity contribution in [1.82, 2.24) is 0 Å². The monoisotopic (exact) mass is 278 g/mol. The van der Waals surface area contributed by atoms with Gasteiger partial charge in [0.1, 0.15) is 14.1 Å². The Balaban J connectivity index is -0.000000211. The third-order valence-corrected chi connectivity index (χ3v) is 1.73. The van der Waals surface area contributed by atoms with Crippen LogP contribution in [0, 0.1) is 0 Å². The molecule has 2 heteroatoms. The molecular formula is C18H34N2+2. The van der Waals surface area contributed by atoms with E-state index in [-0.39, 0.29) is 0 Å². The first-order valence-electron chi connectivity index (χ1n) is 7.59. The Kier molecular flexibility index (Phi) is 26.3. The molecule has 0 fully saturated rings. The van der Waals surface area contributed by atoms with E-state index in [9.17, 15) is 0 Å². The van der Waals surface area contributed by atoms with Crippen LogP contribution in [0.2, 0.25) is 0 Å². The minimum Gasteiger partial charge on any atom is -0.208 e. The smallest absolute Gasteiger partial charge is 0.168 e. The maximum atomic E-state index is 2.00. The molecule has 0 aliphatic carbocycles. The fourth-order valence-electron chi connectivity index (χ4n) is 0.969. The highest BCUT2D eigenvalue weighted by Crippen LogP contribution is 1.72. The SMILES string of the molecule is CC.CC.CC.C[n+]1ccccc1.C[n+]1ccccc1. The average molecular weight is 278 g/mol. The van der Waals surface area contributed by atoms with Crippen molar-refractivity contribution in [1.29, 1.82) is 0 Å². The summed E-state index contributed by atoms with van der Waals surface area (Å²) in [7, 11) is 4.00. The molecule has 0 aliphatic heterocycles. The summed E-state index contributed by atoms with van der Waals surface area (Å²) in [5, 5.41) is 0. The quantitative estimate of drug-likeness (QED) is 0.641. The van der Waals surface area contributed by atoms with E-state index < -0.39 is 0 Å². The molecule has 0 unspecified atom stereocenters. The summed E-state index contributed by atoms with van der Waals surface area (Å²) in [6.45, 7) is 12.0. The van der Waals surface area contributed by atoms with Crippen LogP contribution < -0.4 is 9.13 Å². The van der Waals surface area contributed by atoms with Crippen molar-refractivity contribution < 1.29 is 9.13 Å². The van der Waals surface area contributed by atoms with Crippen molar-refractivity contribution in [2.24, 2.45) is 14.1 Å². The first kappa shape index (κ1) is 23.4. The van der Waals surface area contributed by atoms with E-state index in [1.165, 1.54) is 0 Å². The molecule has 2 rings (SSSR count). The zero-order chi connectivity index (χ0) is 16.2. The molecule has 114 valence electrons. The number of pyridine rings is 2. The Morgan fingerprint density at radius 2 is 0.600 bits per heavy atom. The summed E-state index contributed by atoms with van der Waals surface area (Å²) >= 11 is 0. The number of rotatable bonds is 0. The van der Waals surface area contributed by atoms with E-state index in [0.717, 1.165) is 0 Å². The molecule has 0 N–H and O–H groups in total. The molecule has 2 aromatic heterocycles. The Hall–Kier alpha value is -1.70. The van der Waals surface area contributed by atoms with Crippen LogP contribution in [0.1, 0.15) is 41.5 Å². The van der Waals surface area contributed by atoms with Crippen LogP contribution in [0.25, 0.3) is 0 Å². The van der Waals surface area contributed by atoms with Crippen molar-refractivity contribution in [2.75, 3.05) is 0 Å². The number of nitrogens with zero attached hydrogens (tertiary/aromatic N) is 2. The zero-order valence-electron chi connectivity index (χ0n) is 14.7. The van der Waals surface area contributed by atoms with E-state index in [2.05, 4.69) is 0 Å². The molecule has 2 heterocycles. The lowest BCUT2D eigenvalue weighted by Gasteiger charge is -1.77. The van der Waals surface area contributed by atoms with Crippen LogP contribution >= 0.6 is 0 Å². The third-order valence-electron chi connectivity index (χ3n) is 1.73. The highest BCUT2D eigenvalue weighted by molar-refractivity contribution is 4.83. The van der Waals surface area contributed by atoms with Crippen LogP contribution in [-0.4, -0.2) is 0 Å². The number of hydrogen-bond acceptors (Lipinski definition) is 0. The van der Waals surface area contributed by atoms with Crippen molar-refractivity contribution in [3.8, 4) is 0 Å². The Bertz CT molecular complexity index is 307. The second-order valence-corrected chi connectivity index (χ2v) is 3.08. The average Bonchev–Trinajstić information content (AvgIpc) is 2.55. The molecule has 0 aromatic carbocycles. The topological polar surface area (TPSA) is 7.76 Å². The van der Waals surface area contributed by atoms with Crippen molar-refractivity contribution >= 4 is 0 Å². The Morgan fingerprint density at radius 1 is 0.400 bits per heavy atom. The molecule has 2 nitrogen and oxygen atoms in total. The number of hydrogen-bond donors (Lipinski definition) is 0. The fraction of sp³-hybridized carbons (Fsp3) is 0.444. The van der Waals surface area contributed by atoms with Gasteiger partial charge in [-0.2, -0.15) is 0 Å². The second kappa shape index (κ2) is 22.5. The van der Waals surface area contributed by atoms with E-state index in [1.807, 2.05) is 126 Å². The highest BCUT2D eigenvalue weighted by Gasteiger charge is 1.79. The van der Waals surface area contributed by atoms with E-state index in [4.69, 9.17) is 0 Å². The molecule has 0 bridgehead atoms. The lowest BCUT2D eigenvalue weighted by molar-refractivity contribution is -0.671. The highest BCUT2D eigenvalue weighted by atomic mass is 14.9. The zero-order valence-corrected chi connectivity index (χ0v) is 14.7. The molecule has 0 aliphatic rings. The second-order valence-electron chi connectivity index (χ2n) is 3.08. The summed E-state index contributed by atoms with van der Waals surface area (Å²) < 4.78 is 4.00. The maximum Gasteiger partial charge on any atom is 0.168 e. The van der Waals surface area contributed by atoms with Crippen LogP contribution in [0.3, 0.4) is 0 Å². The molecule has 20 heavy (non-hydrogen) atoms. The van der Waals surface area contributed by atoms with Gasteiger partial charge >= 0.3 is 0 Å². The lowest BCUT2D eigenvalue weighted by atomic mass is 10.5. The van der Waals surface area contributed by atoms with E-state index in [1.54, 1.807) is 0 Å². The molecule has 0 amide bonds. The Morgan fingerprint density at radius 3 is 0.700 bits per heavy atom. The molecule has 0 radical (unpaired) electrons. The van der Waals surface area contributed by atoms with Gasteiger partial charge in [0.2, 0.25) is 0 Å². The summed E-state index contributed by atoms with van der Waals surface area (Å²) in [6.07, 6.45) is 8.00. The number of aromatic nitrogens is 2. The van der Waals surface area contributed by atoms with Crippen LogP contribution in [0.15, 0.2) is 61.2 Å². The van der Waals surface area contributed by atoms with Gasteiger partial charge in [0.15, 0.2) is 24.8 Å². The molecule has 0 saturated heterocycles. The fourth-order valence-corrected chi connectivity index (χ4v) is 0.969. The molecular weight excluding hydrogens is 244 g/mol. The molecule has 2 aromatic rings. The van der Waals surface area contributed by atoms with Gasteiger partial charge in [-0.15, -0.1) is 0 Å². The molecule has 0 atom stereocenters. The van der Waals surface area contributed by atoms with Crippen molar-refractivity contribution in [3.63, 3.8) is 0 Å². The van der Waals surface area contributed by atoms with Gasteiger partial charge in [0.05, 0.1) is 0 Å². The van der Waals surface area contributed by atoms with Crippen molar-refractivity contribution in [2.45, 2.75) is 41.5 Å². The van der Waals surface area contributed by atoms with Crippen molar-refractivity contribution in [3.05, 3.63) is 61.2 Å². The van der Waals surface area contributed by atoms with Crippen LogP contribution in [0.5, 0.6) is 0 Å². The van der Waals surface area contributed by atoms with Gasteiger partial charge in [0, 0.05) is 24.3 Å². The first-order valence-corrected chi connectivity index (χ1v) is 7.59. The maximum absolute atomic E-state index is 2.00. The summed E-state index contributed by atoms with van der Waals surface area (Å²) in [4.78, 5) is 0. The van der Waals surface area contributed by atoms with Crippen LogP contribution in [-0.2, 0) is 14.1 Å². The van der Waals surface area contributed by atoms with Gasteiger partial charge in [0.25, 0.3) is 0 Å². The largest absolute Gasteiger partial charge is 0.208 e. The molecule has 0 spiro atoms. The van der Waals surface area contributed by atoms with E-state index >= 15 is 0 Å². The standard InChI is InChI=1S/2C6H8N.3C2H6/c2*1-7-5-3-2-4-6-7;3*1-2/h2*2-6H,1H3;3*1-2H3/q2*+1;;;. The predicted octanol–water partition coefficient (Wildman–Crippen LogP) is 4.10. The minimum absolute atomic E-state index is 2.00. The summed E-state index contributed by atoms with van der Waals surface area (Å²) in [5.41, 5.74) is 0. The first-order chi connectivity index (χ1) is 9.79. The van der Waals surface area contributed by atoms with Crippen LogP contribution in [0.4, 0.5) is 0 Å². The predicted molar refractivity (Wildman–Crippen MR) is 89.3 cm³/mol. The van der Waals surface area contributed by atoms with E-state index in [0.29, 0.717) is 0 Å². The molecule has 0 saturated carbocycles. The van der Waals surface area contributed by atoms with Gasteiger partial charge < -0.3 is 0 Å². The van der Waals surface area contributed by atoms with Gasteiger partial charge in [-0.3, -0.25) is 0 Å². The normalized spacial score (nSPS) is 7.00. The third kappa shape index (κ3) is 18.7. The Labute approximate surface area is 126 Å². The number of aryl methyl sites for hydroxylation is 2. The summed E-state index contributed by atoms with van der Waals surface area (Å²) in [5.74, 6) is 0. The van der Waals surface area contributed by atoms with Gasteiger partial charge in [-0.1, -0.05) is 53.7 Å². The van der Waals surface area contributed by atoms with Gasteiger partial charge in [-0.05, 0) is 0 Å². The summed E-state index contributed by atoms with van der Waals surface area (Å²) in [6, 6.07) is 12.0. The van der Waals surface area contributed by atoms with Gasteiger partial charge in [-0.25, -0.2) is 9.13 Å². The lowest BCUT2D eigenvalue weighted by Crippen LogP contribution is -2.25. The minimum atomic E-state index is 2.00.